The van der Waals surface area contributed by atoms with Gasteiger partial charge in [0.2, 0.25) is 0 Å². The summed E-state index contributed by atoms with van der Waals surface area (Å²) in [6, 6.07) is 35.5. The fourth-order valence-corrected chi connectivity index (χ4v) is 6.04. The van der Waals surface area contributed by atoms with Crippen molar-refractivity contribution in [2.24, 2.45) is 0 Å². The zero-order valence-corrected chi connectivity index (χ0v) is 21.6. The maximum absolute atomic E-state index is 5.89. The lowest BCUT2D eigenvalue weighted by Gasteiger charge is -2.39. The van der Waals surface area contributed by atoms with Gasteiger partial charge in [0.15, 0.2) is 0 Å². The van der Waals surface area contributed by atoms with E-state index < -0.39 is 0 Å². The van der Waals surface area contributed by atoms with Crippen LogP contribution in [0.1, 0.15) is 91.2 Å². The molecule has 2 unspecified atom stereocenters. The lowest BCUT2D eigenvalue weighted by molar-refractivity contribution is 0.346. The monoisotopic (exact) mass is 474 g/mol. The second kappa shape index (κ2) is 10.2. The highest BCUT2D eigenvalue weighted by molar-refractivity contribution is 5.47. The van der Waals surface area contributed by atoms with E-state index in [0.717, 1.165) is 11.4 Å². The molecule has 0 radical (unpaired) electrons. The average molecular weight is 475 g/mol. The molecular formula is C34H38N2. The predicted molar refractivity (Wildman–Crippen MR) is 153 cm³/mol. The van der Waals surface area contributed by atoms with Gasteiger partial charge in [0, 0.05) is 28.6 Å². The van der Waals surface area contributed by atoms with E-state index in [9.17, 15) is 0 Å². The Morgan fingerprint density at radius 1 is 0.472 bits per heavy atom. The molecule has 0 aliphatic heterocycles. The first-order chi connectivity index (χ1) is 17.5. The second-order valence-corrected chi connectivity index (χ2v) is 10.7. The Hall–Kier alpha value is -3.52. The third kappa shape index (κ3) is 4.78. The average Bonchev–Trinajstić information content (AvgIpc) is 2.94. The molecule has 2 atom stereocenters. The Balaban J connectivity index is 1.42. The van der Waals surface area contributed by atoms with Crippen molar-refractivity contribution in [2.45, 2.75) is 63.2 Å². The molecule has 1 fully saturated rings. The number of nitrogens with two attached hydrogens (primary N) is 2. The van der Waals surface area contributed by atoms with Crippen molar-refractivity contribution >= 4 is 11.4 Å². The predicted octanol–water partition coefficient (Wildman–Crippen LogP) is 8.40. The van der Waals surface area contributed by atoms with Crippen LogP contribution in [-0.2, 0) is 5.41 Å². The molecule has 0 amide bonds. The molecule has 4 aromatic carbocycles. The van der Waals surface area contributed by atoms with Gasteiger partial charge in [-0.3, -0.25) is 0 Å². The van der Waals surface area contributed by atoms with Gasteiger partial charge in [0.1, 0.15) is 0 Å². The van der Waals surface area contributed by atoms with E-state index in [1.807, 2.05) is 24.3 Å². The summed E-state index contributed by atoms with van der Waals surface area (Å²) in [4.78, 5) is 0. The fourth-order valence-electron chi connectivity index (χ4n) is 6.04. The quantitative estimate of drug-likeness (QED) is 0.276. The van der Waals surface area contributed by atoms with Crippen molar-refractivity contribution < 1.29 is 0 Å². The summed E-state index contributed by atoms with van der Waals surface area (Å²) in [5.41, 5.74) is 21.7. The molecule has 0 aromatic heterocycles. The zero-order chi connectivity index (χ0) is 25.1. The van der Waals surface area contributed by atoms with Crippen LogP contribution in [0.5, 0.6) is 0 Å². The zero-order valence-electron chi connectivity index (χ0n) is 21.6. The summed E-state index contributed by atoms with van der Waals surface area (Å²) in [5, 5.41) is 0. The van der Waals surface area contributed by atoms with Crippen molar-refractivity contribution in [1.82, 2.24) is 0 Å². The summed E-state index contributed by atoms with van der Waals surface area (Å²) in [6.07, 6.45) is 6.33. The first kappa shape index (κ1) is 24.2. The third-order valence-corrected chi connectivity index (χ3v) is 8.51. The number of hydrogen-bond acceptors (Lipinski definition) is 2. The van der Waals surface area contributed by atoms with E-state index in [0.29, 0.717) is 11.8 Å². The molecule has 4 aromatic rings. The summed E-state index contributed by atoms with van der Waals surface area (Å²) in [7, 11) is 0. The van der Waals surface area contributed by atoms with Gasteiger partial charge in [-0.1, -0.05) is 106 Å². The lowest BCUT2D eigenvalue weighted by Crippen LogP contribution is -2.30. The topological polar surface area (TPSA) is 52.0 Å². The van der Waals surface area contributed by atoms with Crippen molar-refractivity contribution in [1.29, 1.82) is 0 Å². The Bertz CT molecular complexity index is 1170. The van der Waals surface area contributed by atoms with E-state index in [4.69, 9.17) is 11.5 Å². The molecule has 0 spiro atoms. The van der Waals surface area contributed by atoms with E-state index in [-0.39, 0.29) is 5.41 Å². The highest BCUT2D eigenvalue weighted by Gasteiger charge is 2.35. The third-order valence-electron chi connectivity index (χ3n) is 8.51. The van der Waals surface area contributed by atoms with Gasteiger partial charge in [-0.2, -0.15) is 0 Å². The Kier molecular flexibility index (Phi) is 6.87. The number of hydrogen-bond donors (Lipinski definition) is 2. The molecule has 5 rings (SSSR count). The highest BCUT2D eigenvalue weighted by atomic mass is 14.5. The molecule has 36 heavy (non-hydrogen) atoms. The summed E-state index contributed by atoms with van der Waals surface area (Å²) >= 11 is 0. The van der Waals surface area contributed by atoms with E-state index in [1.165, 1.54) is 65.5 Å². The van der Waals surface area contributed by atoms with E-state index in [2.05, 4.69) is 86.6 Å². The molecule has 2 heteroatoms. The van der Waals surface area contributed by atoms with E-state index in [1.54, 1.807) is 0 Å². The van der Waals surface area contributed by atoms with Crippen LogP contribution in [-0.4, -0.2) is 0 Å². The summed E-state index contributed by atoms with van der Waals surface area (Å²) in [5.74, 6) is 0.687. The molecule has 4 N–H and O–H groups in total. The normalized spacial score (nSPS) is 16.8. The molecule has 1 saturated carbocycles. The minimum absolute atomic E-state index is 0.101. The van der Waals surface area contributed by atoms with Crippen LogP contribution in [0.4, 0.5) is 11.4 Å². The van der Waals surface area contributed by atoms with Gasteiger partial charge in [-0.25, -0.2) is 0 Å². The summed E-state index contributed by atoms with van der Waals surface area (Å²) < 4.78 is 0. The van der Waals surface area contributed by atoms with Crippen molar-refractivity contribution in [3.05, 3.63) is 130 Å². The van der Waals surface area contributed by atoms with Gasteiger partial charge in [-0.05, 0) is 70.5 Å². The molecular weight excluding hydrogens is 436 g/mol. The number of rotatable bonds is 6. The smallest absolute Gasteiger partial charge is 0.0314 e. The standard InChI is InChI=1S/C34H38N2/c1-24(28-10-18-32(35)19-11-28)26-6-14-30(15-7-26)34(22-4-3-5-23-34)31-16-8-27(9-17-31)25(2)29-12-20-33(36)21-13-29/h6-21,24-25H,3-5,22-23,35-36H2,1-2H3. The summed E-state index contributed by atoms with van der Waals surface area (Å²) in [6.45, 7) is 4.55. The van der Waals surface area contributed by atoms with Crippen molar-refractivity contribution in [3.8, 4) is 0 Å². The fraction of sp³-hybridized carbons (Fsp3) is 0.294. The second-order valence-electron chi connectivity index (χ2n) is 10.7. The molecule has 0 heterocycles. The maximum Gasteiger partial charge on any atom is 0.0314 e. The van der Waals surface area contributed by atoms with Gasteiger partial charge >= 0.3 is 0 Å². The van der Waals surface area contributed by atoms with Crippen LogP contribution in [0, 0.1) is 0 Å². The molecule has 1 aliphatic rings. The van der Waals surface area contributed by atoms with Gasteiger partial charge in [-0.15, -0.1) is 0 Å². The maximum atomic E-state index is 5.89. The lowest BCUT2D eigenvalue weighted by atomic mass is 9.65. The van der Waals surface area contributed by atoms with Gasteiger partial charge in [0.05, 0.1) is 0 Å². The van der Waals surface area contributed by atoms with E-state index >= 15 is 0 Å². The number of anilines is 2. The Morgan fingerprint density at radius 2 is 0.778 bits per heavy atom. The van der Waals surface area contributed by atoms with Crippen LogP contribution in [0.3, 0.4) is 0 Å². The number of benzene rings is 4. The Morgan fingerprint density at radius 3 is 1.11 bits per heavy atom. The molecule has 2 nitrogen and oxygen atoms in total. The Labute approximate surface area is 216 Å². The molecule has 0 saturated heterocycles. The highest BCUT2D eigenvalue weighted by Crippen LogP contribution is 2.45. The van der Waals surface area contributed by atoms with Crippen molar-refractivity contribution in [3.63, 3.8) is 0 Å². The SMILES string of the molecule is CC(c1ccc(N)cc1)c1ccc(C2(c3ccc(C(C)c4ccc(N)cc4)cc3)CCCCC2)cc1. The first-order valence-electron chi connectivity index (χ1n) is 13.4. The molecule has 184 valence electrons. The number of nitrogen functional groups attached to an aromatic ring is 2. The van der Waals surface area contributed by atoms with Crippen LogP contribution in [0.15, 0.2) is 97.1 Å². The van der Waals surface area contributed by atoms with Crippen LogP contribution in [0.2, 0.25) is 0 Å². The largest absolute Gasteiger partial charge is 0.399 e. The van der Waals surface area contributed by atoms with Crippen LogP contribution in [0.25, 0.3) is 0 Å². The minimum atomic E-state index is 0.101. The van der Waals surface area contributed by atoms with Crippen LogP contribution < -0.4 is 11.5 Å². The van der Waals surface area contributed by atoms with Crippen LogP contribution >= 0.6 is 0 Å². The molecule has 0 bridgehead atoms. The van der Waals surface area contributed by atoms with Gasteiger partial charge in [0.25, 0.3) is 0 Å². The minimum Gasteiger partial charge on any atom is -0.399 e. The van der Waals surface area contributed by atoms with Gasteiger partial charge < -0.3 is 11.5 Å². The molecule has 1 aliphatic carbocycles. The first-order valence-corrected chi connectivity index (χ1v) is 13.4. The van der Waals surface area contributed by atoms with Crippen molar-refractivity contribution in [2.75, 3.05) is 11.5 Å².